The summed E-state index contributed by atoms with van der Waals surface area (Å²) in [7, 11) is 0. The van der Waals surface area contributed by atoms with Crippen molar-refractivity contribution in [1.82, 2.24) is 10.9 Å². The van der Waals surface area contributed by atoms with Crippen LogP contribution in [-0.2, 0) is 9.59 Å². The fourth-order valence-corrected chi connectivity index (χ4v) is 2.89. The molecule has 0 saturated carbocycles. The minimum Gasteiger partial charge on any atom is -0.481 e. The summed E-state index contributed by atoms with van der Waals surface area (Å²) in [6.45, 7) is 5.73. The molecule has 3 N–H and O–H groups in total. The highest BCUT2D eigenvalue weighted by Gasteiger charge is 2.40. The van der Waals surface area contributed by atoms with E-state index in [1.54, 1.807) is 0 Å². The zero-order chi connectivity index (χ0) is 12.3. The maximum atomic E-state index is 11.5. The van der Waals surface area contributed by atoms with Gasteiger partial charge in [-0.25, -0.2) is 5.43 Å². The average molecular weight is 246 g/mol. The highest BCUT2D eigenvalue weighted by atomic mass is 32.2. The molecule has 1 aliphatic heterocycles. The summed E-state index contributed by atoms with van der Waals surface area (Å²) in [5, 5.41) is 8.94. The molecule has 92 valence electrons. The topological polar surface area (TPSA) is 78.4 Å². The van der Waals surface area contributed by atoms with Crippen molar-refractivity contribution in [2.45, 2.75) is 32.1 Å². The number of hydrogen-bond acceptors (Lipinski definition) is 4. The van der Waals surface area contributed by atoms with E-state index in [9.17, 15) is 9.59 Å². The van der Waals surface area contributed by atoms with Crippen LogP contribution in [0.15, 0.2) is 0 Å². The molecule has 0 spiro atoms. The van der Waals surface area contributed by atoms with Gasteiger partial charge in [0, 0.05) is 11.7 Å². The fourth-order valence-electron chi connectivity index (χ4n) is 1.51. The number of thioether (sulfide) groups is 1. The average Bonchev–Trinajstić information content (AvgIpc) is 2.31. The van der Waals surface area contributed by atoms with Crippen molar-refractivity contribution in [3.8, 4) is 0 Å². The summed E-state index contributed by atoms with van der Waals surface area (Å²) in [5.74, 6) is -0.311. The molecule has 1 fully saturated rings. The van der Waals surface area contributed by atoms with Crippen LogP contribution in [0.5, 0.6) is 0 Å². The first kappa shape index (κ1) is 13.3. The number of amides is 1. The van der Waals surface area contributed by atoms with Crippen molar-refractivity contribution in [2.24, 2.45) is 11.8 Å². The quantitative estimate of drug-likeness (QED) is 0.687. The van der Waals surface area contributed by atoms with E-state index in [2.05, 4.69) is 10.9 Å². The number of hydrogen-bond donors (Lipinski definition) is 3. The first-order valence-electron chi connectivity index (χ1n) is 5.30. The molecule has 1 saturated heterocycles. The molecule has 1 heterocycles. The first-order chi connectivity index (χ1) is 7.37. The van der Waals surface area contributed by atoms with Crippen molar-refractivity contribution in [2.75, 3.05) is 5.75 Å². The monoisotopic (exact) mass is 246 g/mol. The van der Waals surface area contributed by atoms with Crippen LogP contribution in [0.1, 0.15) is 27.2 Å². The largest absolute Gasteiger partial charge is 0.481 e. The molecule has 0 aliphatic carbocycles. The summed E-state index contributed by atoms with van der Waals surface area (Å²) in [4.78, 5) is 21.7. The molecule has 2 unspecified atom stereocenters. The molecule has 0 aromatic heterocycles. The zero-order valence-corrected chi connectivity index (χ0v) is 10.6. The van der Waals surface area contributed by atoms with Gasteiger partial charge in [-0.3, -0.25) is 15.0 Å². The van der Waals surface area contributed by atoms with Crippen LogP contribution >= 0.6 is 11.8 Å². The van der Waals surface area contributed by atoms with E-state index in [1.807, 2.05) is 20.8 Å². The molecule has 1 aliphatic rings. The molecule has 1 amide bonds. The lowest BCUT2D eigenvalue weighted by Crippen LogP contribution is -2.55. The smallest absolute Gasteiger partial charge is 0.306 e. The Kier molecular flexibility index (Phi) is 4.21. The third kappa shape index (κ3) is 2.89. The summed E-state index contributed by atoms with van der Waals surface area (Å²) in [6.07, 6.45) is -0.0116. The van der Waals surface area contributed by atoms with Crippen molar-refractivity contribution >= 4 is 23.6 Å². The van der Waals surface area contributed by atoms with Crippen molar-refractivity contribution in [3.63, 3.8) is 0 Å². The van der Waals surface area contributed by atoms with Gasteiger partial charge < -0.3 is 5.11 Å². The van der Waals surface area contributed by atoms with Crippen LogP contribution in [0.4, 0.5) is 0 Å². The van der Waals surface area contributed by atoms with Gasteiger partial charge in [0.25, 0.3) is 0 Å². The Balaban J connectivity index is 2.85. The summed E-state index contributed by atoms with van der Waals surface area (Å²) < 4.78 is 0. The first-order valence-corrected chi connectivity index (χ1v) is 6.29. The minimum atomic E-state index is -0.863. The van der Waals surface area contributed by atoms with Gasteiger partial charge in [-0.05, 0) is 5.92 Å². The van der Waals surface area contributed by atoms with Crippen LogP contribution in [0, 0.1) is 11.8 Å². The summed E-state index contributed by atoms with van der Waals surface area (Å²) in [6, 6.07) is 0. The van der Waals surface area contributed by atoms with E-state index in [1.165, 1.54) is 11.8 Å². The van der Waals surface area contributed by atoms with E-state index in [0.29, 0.717) is 5.75 Å². The normalized spacial score (nSPS) is 31.0. The Hall–Kier alpha value is -0.750. The van der Waals surface area contributed by atoms with Crippen LogP contribution in [0.25, 0.3) is 0 Å². The number of carboxylic acids is 1. The SMILES string of the molecule is CC1CSC(CC(=O)O)(C(C)C)NNC1=O. The second kappa shape index (κ2) is 5.05. The van der Waals surface area contributed by atoms with Gasteiger partial charge >= 0.3 is 5.97 Å². The highest BCUT2D eigenvalue weighted by Crippen LogP contribution is 2.36. The standard InChI is InChI=1S/C10H18N2O3S/c1-6(2)10(4-8(13)14)12-11-9(15)7(3)5-16-10/h6-7,12H,4-5H2,1-3H3,(H,11,15)(H,13,14). The van der Waals surface area contributed by atoms with Gasteiger partial charge in [-0.2, -0.15) is 0 Å². The lowest BCUT2D eigenvalue weighted by molar-refractivity contribution is -0.138. The van der Waals surface area contributed by atoms with Crippen molar-refractivity contribution in [3.05, 3.63) is 0 Å². The molecular weight excluding hydrogens is 228 g/mol. The predicted molar refractivity (Wildman–Crippen MR) is 62.7 cm³/mol. The summed E-state index contributed by atoms with van der Waals surface area (Å²) in [5.41, 5.74) is 5.49. The van der Waals surface area contributed by atoms with E-state index in [0.717, 1.165) is 0 Å². The number of carbonyl (C=O) groups excluding carboxylic acids is 1. The van der Waals surface area contributed by atoms with E-state index >= 15 is 0 Å². The molecule has 0 bridgehead atoms. The molecular formula is C10H18N2O3S. The van der Waals surface area contributed by atoms with Crippen molar-refractivity contribution in [1.29, 1.82) is 0 Å². The summed E-state index contributed by atoms with van der Waals surface area (Å²) >= 11 is 1.50. The molecule has 0 radical (unpaired) electrons. The van der Waals surface area contributed by atoms with Gasteiger partial charge in [-0.15, -0.1) is 11.8 Å². The Morgan fingerprint density at radius 2 is 2.31 bits per heavy atom. The van der Waals surface area contributed by atoms with Crippen LogP contribution in [0.3, 0.4) is 0 Å². The van der Waals surface area contributed by atoms with E-state index in [-0.39, 0.29) is 24.2 Å². The van der Waals surface area contributed by atoms with Crippen LogP contribution in [-0.4, -0.2) is 27.6 Å². The van der Waals surface area contributed by atoms with Gasteiger partial charge in [-0.1, -0.05) is 20.8 Å². The zero-order valence-electron chi connectivity index (χ0n) is 9.74. The molecule has 2 atom stereocenters. The number of nitrogens with one attached hydrogen (secondary N) is 2. The number of rotatable bonds is 3. The molecule has 5 nitrogen and oxygen atoms in total. The third-order valence-electron chi connectivity index (χ3n) is 2.78. The Morgan fingerprint density at radius 3 is 2.81 bits per heavy atom. The Morgan fingerprint density at radius 1 is 1.69 bits per heavy atom. The molecule has 0 aromatic carbocycles. The van der Waals surface area contributed by atoms with E-state index in [4.69, 9.17) is 5.11 Å². The number of hydrazine groups is 1. The second-order valence-corrected chi connectivity index (χ2v) is 5.79. The number of aliphatic carboxylic acids is 1. The number of carboxylic acid groups (broad SMARTS) is 1. The predicted octanol–water partition coefficient (Wildman–Crippen LogP) is 0.817. The third-order valence-corrected chi connectivity index (χ3v) is 4.68. The van der Waals surface area contributed by atoms with Gasteiger partial charge in [0.2, 0.25) is 5.91 Å². The molecule has 0 aromatic rings. The molecule has 6 heteroatoms. The van der Waals surface area contributed by atoms with E-state index < -0.39 is 10.8 Å². The van der Waals surface area contributed by atoms with Crippen molar-refractivity contribution < 1.29 is 14.7 Å². The van der Waals surface area contributed by atoms with Gasteiger partial charge in [0.05, 0.1) is 11.3 Å². The Labute approximate surface area is 99.3 Å². The molecule has 16 heavy (non-hydrogen) atoms. The lowest BCUT2D eigenvalue weighted by Gasteiger charge is -2.35. The maximum absolute atomic E-state index is 11.5. The van der Waals surface area contributed by atoms with Gasteiger partial charge in [0.1, 0.15) is 0 Å². The Bertz CT molecular complexity index is 296. The highest BCUT2D eigenvalue weighted by molar-refractivity contribution is 8.00. The number of carbonyl (C=O) groups is 2. The van der Waals surface area contributed by atoms with Crippen LogP contribution < -0.4 is 10.9 Å². The van der Waals surface area contributed by atoms with Gasteiger partial charge in [0.15, 0.2) is 0 Å². The second-order valence-electron chi connectivity index (χ2n) is 4.44. The maximum Gasteiger partial charge on any atom is 0.306 e. The lowest BCUT2D eigenvalue weighted by atomic mass is 10.0. The molecule has 1 rings (SSSR count). The van der Waals surface area contributed by atoms with Crippen LogP contribution in [0.2, 0.25) is 0 Å². The fraction of sp³-hybridized carbons (Fsp3) is 0.800. The minimum absolute atomic E-state index is 0.0116.